The van der Waals surface area contributed by atoms with Crippen LogP contribution in [0, 0.1) is 10.1 Å². The van der Waals surface area contributed by atoms with Crippen molar-refractivity contribution in [3.63, 3.8) is 0 Å². The highest BCUT2D eigenvalue weighted by molar-refractivity contribution is 5.96. The normalized spacial score (nSPS) is 21.1. The van der Waals surface area contributed by atoms with Crippen molar-refractivity contribution in [1.29, 1.82) is 0 Å². The number of nitrogens with one attached hydrogen (secondary N) is 1. The Balaban J connectivity index is 2.04. The van der Waals surface area contributed by atoms with Crippen molar-refractivity contribution in [2.24, 2.45) is 5.10 Å². The molecule has 0 radical (unpaired) electrons. The largest absolute Gasteiger partial charge is 0.271 e. The van der Waals surface area contributed by atoms with Crippen LogP contribution in [0.2, 0.25) is 0 Å². The Hall–Kier alpha value is -2.31. The fourth-order valence-corrected chi connectivity index (χ4v) is 2.02. The number of carbonyl (C=O) groups is 1. The molecule has 19 heavy (non-hydrogen) atoms. The van der Waals surface area contributed by atoms with E-state index < -0.39 is 6.04 Å². The van der Waals surface area contributed by atoms with Gasteiger partial charge in [-0.05, 0) is 31.4 Å². The van der Waals surface area contributed by atoms with E-state index >= 15 is 0 Å². The summed E-state index contributed by atoms with van der Waals surface area (Å²) in [7, 11) is 0. The van der Waals surface area contributed by atoms with Crippen LogP contribution in [0.3, 0.4) is 0 Å². The van der Waals surface area contributed by atoms with E-state index in [1.165, 1.54) is 12.4 Å². The first-order valence-corrected chi connectivity index (χ1v) is 6.09. The Morgan fingerprint density at radius 1 is 1.42 bits per heavy atom. The molecule has 1 aromatic rings. The Morgan fingerprint density at radius 2 is 2.16 bits per heavy atom. The number of hydrazone groups is 1. The summed E-state index contributed by atoms with van der Waals surface area (Å²) in [5.74, 6) is -0.387. The maximum Gasteiger partial charge on any atom is 0.271 e. The number of aromatic nitrogens is 1. The molecule has 1 amide bonds. The fourth-order valence-electron chi connectivity index (χ4n) is 2.02. The second-order valence-electron chi connectivity index (χ2n) is 4.33. The SMILES string of the molecule is O=C(N/N=C1\CCCC[C@H]1[N+](=O)[O-])c1ccncc1. The van der Waals surface area contributed by atoms with Gasteiger partial charge in [-0.15, -0.1) is 0 Å². The smallest absolute Gasteiger partial charge is 0.267 e. The van der Waals surface area contributed by atoms with Crippen LogP contribution in [0.1, 0.15) is 36.0 Å². The first-order chi connectivity index (χ1) is 9.18. The summed E-state index contributed by atoms with van der Waals surface area (Å²) in [6, 6.07) is 2.34. The van der Waals surface area contributed by atoms with Crippen LogP contribution in [0.25, 0.3) is 0 Å². The fraction of sp³-hybridized carbons (Fsp3) is 0.417. The summed E-state index contributed by atoms with van der Waals surface area (Å²) in [5, 5.41) is 14.8. The van der Waals surface area contributed by atoms with Gasteiger partial charge in [0, 0.05) is 29.3 Å². The van der Waals surface area contributed by atoms with Gasteiger partial charge in [0.25, 0.3) is 11.9 Å². The summed E-state index contributed by atoms with van der Waals surface area (Å²) < 4.78 is 0. The quantitative estimate of drug-likeness (QED) is 0.657. The third-order valence-corrected chi connectivity index (χ3v) is 3.04. The highest BCUT2D eigenvalue weighted by Gasteiger charge is 2.30. The zero-order chi connectivity index (χ0) is 13.7. The molecule has 1 aliphatic carbocycles. The molecular weight excluding hydrogens is 248 g/mol. The van der Waals surface area contributed by atoms with Crippen molar-refractivity contribution in [2.75, 3.05) is 0 Å². The maximum absolute atomic E-state index is 11.7. The number of nitrogens with zero attached hydrogens (tertiary/aromatic N) is 3. The second-order valence-corrected chi connectivity index (χ2v) is 4.33. The summed E-state index contributed by atoms with van der Waals surface area (Å²) in [6.07, 6.45) is 5.74. The third-order valence-electron chi connectivity index (χ3n) is 3.04. The lowest BCUT2D eigenvalue weighted by molar-refractivity contribution is -0.504. The van der Waals surface area contributed by atoms with Gasteiger partial charge in [-0.3, -0.25) is 19.9 Å². The average Bonchev–Trinajstić information content (AvgIpc) is 2.46. The summed E-state index contributed by atoms with van der Waals surface area (Å²) in [4.78, 5) is 26.1. The van der Waals surface area contributed by atoms with Crippen molar-refractivity contribution >= 4 is 11.6 Å². The lowest BCUT2D eigenvalue weighted by Crippen LogP contribution is -2.34. The second kappa shape index (κ2) is 6.03. The van der Waals surface area contributed by atoms with Gasteiger partial charge in [-0.25, -0.2) is 5.43 Å². The van der Waals surface area contributed by atoms with E-state index in [1.54, 1.807) is 12.1 Å². The number of hydrogen-bond acceptors (Lipinski definition) is 5. The number of nitro groups is 1. The molecular formula is C12H14N4O3. The van der Waals surface area contributed by atoms with E-state index in [4.69, 9.17) is 0 Å². The molecule has 7 heteroatoms. The van der Waals surface area contributed by atoms with Crippen LogP contribution in [0.15, 0.2) is 29.6 Å². The van der Waals surface area contributed by atoms with Gasteiger partial charge in [0.2, 0.25) is 0 Å². The monoisotopic (exact) mass is 262 g/mol. The van der Waals surface area contributed by atoms with Crippen LogP contribution in [-0.4, -0.2) is 27.6 Å². The summed E-state index contributed by atoms with van der Waals surface area (Å²) in [6.45, 7) is 0. The zero-order valence-corrected chi connectivity index (χ0v) is 10.3. The minimum absolute atomic E-state index is 0.337. The minimum atomic E-state index is -0.772. The third kappa shape index (κ3) is 3.34. The van der Waals surface area contributed by atoms with Gasteiger partial charge in [0.15, 0.2) is 0 Å². The van der Waals surface area contributed by atoms with Crippen LogP contribution in [0.4, 0.5) is 0 Å². The number of hydrogen-bond donors (Lipinski definition) is 1. The standard InChI is InChI=1S/C12H14N4O3/c17-12(9-5-7-13-8-6-9)15-14-10-3-1-2-4-11(10)16(18)19/h5-8,11H,1-4H2,(H,15,17)/b14-10+/t11-/m1/s1. The van der Waals surface area contributed by atoms with E-state index in [0.29, 0.717) is 24.1 Å². The molecule has 0 unspecified atom stereocenters. The minimum Gasteiger partial charge on any atom is -0.267 e. The molecule has 7 nitrogen and oxygen atoms in total. The van der Waals surface area contributed by atoms with Crippen molar-refractivity contribution in [1.82, 2.24) is 10.4 Å². The van der Waals surface area contributed by atoms with Crippen LogP contribution in [-0.2, 0) is 0 Å². The molecule has 1 fully saturated rings. The molecule has 0 aromatic carbocycles. The van der Waals surface area contributed by atoms with Crippen LogP contribution in [0.5, 0.6) is 0 Å². The number of rotatable bonds is 3. The maximum atomic E-state index is 11.7. The first-order valence-electron chi connectivity index (χ1n) is 6.09. The van der Waals surface area contributed by atoms with Crippen molar-refractivity contribution in [3.05, 3.63) is 40.2 Å². The van der Waals surface area contributed by atoms with Gasteiger partial charge in [-0.1, -0.05) is 0 Å². The lowest BCUT2D eigenvalue weighted by Gasteiger charge is -2.17. The molecule has 1 atom stereocenters. The Labute approximate surface area is 109 Å². The van der Waals surface area contributed by atoms with Gasteiger partial charge in [0.05, 0.1) is 0 Å². The van der Waals surface area contributed by atoms with E-state index in [0.717, 1.165) is 12.8 Å². The van der Waals surface area contributed by atoms with Gasteiger partial charge in [0.1, 0.15) is 5.71 Å². The molecule has 1 saturated carbocycles. The van der Waals surface area contributed by atoms with Crippen LogP contribution < -0.4 is 5.43 Å². The molecule has 0 aliphatic heterocycles. The van der Waals surface area contributed by atoms with Crippen molar-refractivity contribution in [3.8, 4) is 0 Å². The van der Waals surface area contributed by atoms with E-state index in [9.17, 15) is 14.9 Å². The van der Waals surface area contributed by atoms with E-state index in [1.807, 2.05) is 0 Å². The first kappa shape index (κ1) is 13.1. The molecule has 0 spiro atoms. The van der Waals surface area contributed by atoms with Gasteiger partial charge >= 0.3 is 0 Å². The van der Waals surface area contributed by atoms with Crippen molar-refractivity contribution in [2.45, 2.75) is 31.7 Å². The molecule has 1 heterocycles. The zero-order valence-electron chi connectivity index (χ0n) is 10.3. The topological polar surface area (TPSA) is 97.5 Å². The van der Waals surface area contributed by atoms with E-state index in [2.05, 4.69) is 15.5 Å². The number of carbonyl (C=O) groups excluding carboxylic acids is 1. The Morgan fingerprint density at radius 3 is 2.84 bits per heavy atom. The molecule has 0 saturated heterocycles. The molecule has 1 aliphatic rings. The Kier molecular flexibility index (Phi) is 4.17. The molecule has 1 N–H and O–H groups in total. The highest BCUT2D eigenvalue weighted by atomic mass is 16.6. The number of amides is 1. The summed E-state index contributed by atoms with van der Waals surface area (Å²) >= 11 is 0. The Bertz CT molecular complexity index is 501. The van der Waals surface area contributed by atoms with Gasteiger partial charge in [-0.2, -0.15) is 5.10 Å². The molecule has 0 bridgehead atoms. The molecule has 2 rings (SSSR count). The lowest BCUT2D eigenvalue weighted by atomic mass is 9.94. The van der Waals surface area contributed by atoms with Gasteiger partial charge < -0.3 is 0 Å². The van der Waals surface area contributed by atoms with Crippen LogP contribution >= 0.6 is 0 Å². The number of pyridine rings is 1. The highest BCUT2D eigenvalue weighted by Crippen LogP contribution is 2.17. The van der Waals surface area contributed by atoms with E-state index in [-0.39, 0.29) is 10.8 Å². The predicted octanol–water partition coefficient (Wildman–Crippen LogP) is 1.39. The predicted molar refractivity (Wildman–Crippen MR) is 68.4 cm³/mol. The molecule has 100 valence electrons. The van der Waals surface area contributed by atoms with Crippen molar-refractivity contribution < 1.29 is 9.72 Å². The average molecular weight is 262 g/mol. The summed E-state index contributed by atoms with van der Waals surface area (Å²) in [5.41, 5.74) is 3.24. The molecule has 1 aromatic heterocycles.